The zero-order valence-electron chi connectivity index (χ0n) is 11.8. The van der Waals surface area contributed by atoms with Crippen molar-refractivity contribution in [1.82, 2.24) is 4.31 Å². The third-order valence-corrected chi connectivity index (χ3v) is 6.04. The van der Waals surface area contributed by atoms with Crippen LogP contribution in [0.25, 0.3) is 0 Å². The molecular weight excluding hydrogens is 258 g/mol. The summed E-state index contributed by atoms with van der Waals surface area (Å²) in [5, 5.41) is 0. The van der Waals surface area contributed by atoms with Gasteiger partial charge >= 0.3 is 0 Å². The van der Waals surface area contributed by atoms with Gasteiger partial charge in [-0.15, -0.1) is 0 Å². The molecule has 0 radical (unpaired) electrons. The molecule has 4 heteroatoms. The van der Waals surface area contributed by atoms with Gasteiger partial charge in [0.2, 0.25) is 10.0 Å². The lowest BCUT2D eigenvalue weighted by molar-refractivity contribution is 0.262. The summed E-state index contributed by atoms with van der Waals surface area (Å²) in [5.74, 6) is 0.702. The number of aryl methyl sites for hydroxylation is 1. The first-order valence-corrected chi connectivity index (χ1v) is 8.55. The lowest BCUT2D eigenvalue weighted by Crippen LogP contribution is -2.38. The molecule has 1 fully saturated rings. The van der Waals surface area contributed by atoms with Gasteiger partial charge in [0, 0.05) is 13.1 Å². The summed E-state index contributed by atoms with van der Waals surface area (Å²) in [6.07, 6.45) is 4.41. The van der Waals surface area contributed by atoms with Gasteiger partial charge in [-0.05, 0) is 37.3 Å². The van der Waals surface area contributed by atoms with Gasteiger partial charge in [-0.3, -0.25) is 0 Å². The Hall–Kier alpha value is -0.870. The molecule has 0 saturated carbocycles. The molecule has 0 N–H and O–H groups in total. The van der Waals surface area contributed by atoms with E-state index in [1.807, 2.05) is 19.1 Å². The maximum Gasteiger partial charge on any atom is 0.243 e. The van der Waals surface area contributed by atoms with Crippen LogP contribution in [0.4, 0.5) is 0 Å². The fraction of sp³-hybridized carbons (Fsp3) is 0.600. The Morgan fingerprint density at radius 3 is 2.42 bits per heavy atom. The Balaban J connectivity index is 2.12. The highest BCUT2D eigenvalue weighted by atomic mass is 32.2. The minimum atomic E-state index is -3.30. The first-order valence-electron chi connectivity index (χ1n) is 7.11. The Kier molecular flexibility index (Phi) is 4.63. The monoisotopic (exact) mass is 281 g/mol. The summed E-state index contributed by atoms with van der Waals surface area (Å²) in [6, 6.07) is 7.24. The molecular formula is C15H23NO2S. The molecule has 0 atom stereocenters. The first-order chi connectivity index (χ1) is 9.05. The van der Waals surface area contributed by atoms with Crippen LogP contribution in [0.3, 0.4) is 0 Å². The third kappa shape index (κ3) is 3.18. The molecule has 0 amide bonds. The van der Waals surface area contributed by atoms with Crippen molar-refractivity contribution in [1.29, 1.82) is 0 Å². The number of hydrogen-bond acceptors (Lipinski definition) is 2. The highest BCUT2D eigenvalue weighted by molar-refractivity contribution is 7.89. The number of nitrogens with zero attached hydrogens (tertiary/aromatic N) is 1. The van der Waals surface area contributed by atoms with Crippen molar-refractivity contribution in [3.63, 3.8) is 0 Å². The van der Waals surface area contributed by atoms with Gasteiger partial charge < -0.3 is 0 Å². The molecule has 3 nitrogen and oxygen atoms in total. The number of piperidine rings is 1. The molecule has 1 saturated heterocycles. The smallest absolute Gasteiger partial charge is 0.207 e. The summed E-state index contributed by atoms with van der Waals surface area (Å²) >= 11 is 0. The van der Waals surface area contributed by atoms with E-state index in [1.165, 1.54) is 12.8 Å². The van der Waals surface area contributed by atoms with Crippen LogP contribution in [-0.4, -0.2) is 25.8 Å². The van der Waals surface area contributed by atoms with Gasteiger partial charge in [-0.1, -0.05) is 38.0 Å². The zero-order valence-corrected chi connectivity index (χ0v) is 12.6. The average Bonchev–Trinajstić information content (AvgIpc) is 2.40. The lowest BCUT2D eigenvalue weighted by atomic mass is 9.94. The predicted octanol–water partition coefficient (Wildman–Crippen LogP) is 3.20. The van der Waals surface area contributed by atoms with E-state index in [0.29, 0.717) is 23.9 Å². The highest BCUT2D eigenvalue weighted by Crippen LogP contribution is 2.27. The van der Waals surface area contributed by atoms with E-state index in [1.54, 1.807) is 16.4 Å². The van der Waals surface area contributed by atoms with Crippen molar-refractivity contribution in [2.75, 3.05) is 13.1 Å². The number of benzene rings is 1. The van der Waals surface area contributed by atoms with E-state index in [9.17, 15) is 8.42 Å². The summed E-state index contributed by atoms with van der Waals surface area (Å²) in [5.41, 5.74) is 0.832. The molecule has 0 bridgehead atoms. The number of hydrogen-bond donors (Lipinski definition) is 0. The van der Waals surface area contributed by atoms with E-state index in [-0.39, 0.29) is 0 Å². The minimum absolute atomic E-state index is 0.462. The number of rotatable bonds is 4. The molecule has 2 rings (SSSR count). The minimum Gasteiger partial charge on any atom is -0.207 e. The second-order valence-electron chi connectivity index (χ2n) is 5.40. The molecule has 1 aromatic rings. The largest absolute Gasteiger partial charge is 0.243 e. The van der Waals surface area contributed by atoms with E-state index in [2.05, 4.69) is 6.92 Å². The molecule has 1 aromatic carbocycles. The van der Waals surface area contributed by atoms with Gasteiger partial charge in [-0.2, -0.15) is 4.31 Å². The fourth-order valence-electron chi connectivity index (χ4n) is 2.83. The summed E-state index contributed by atoms with van der Waals surface area (Å²) in [4.78, 5) is 0.462. The SMILES string of the molecule is CCCC1CCN(S(=O)(=O)c2ccccc2C)CC1. The maximum atomic E-state index is 12.6. The fourth-order valence-corrected chi connectivity index (χ4v) is 4.53. The van der Waals surface area contributed by atoms with Crippen molar-refractivity contribution >= 4 is 10.0 Å². The lowest BCUT2D eigenvalue weighted by Gasteiger charge is -2.31. The van der Waals surface area contributed by atoms with Crippen LogP contribution in [-0.2, 0) is 10.0 Å². The van der Waals surface area contributed by atoms with Crippen molar-refractivity contribution in [3.05, 3.63) is 29.8 Å². The van der Waals surface area contributed by atoms with E-state index >= 15 is 0 Å². The van der Waals surface area contributed by atoms with Gasteiger partial charge in [0.1, 0.15) is 0 Å². The second-order valence-corrected chi connectivity index (χ2v) is 7.31. The van der Waals surface area contributed by atoms with Gasteiger partial charge in [0.05, 0.1) is 4.90 Å². The van der Waals surface area contributed by atoms with Crippen LogP contribution < -0.4 is 0 Å². The quantitative estimate of drug-likeness (QED) is 0.850. The average molecular weight is 281 g/mol. The standard InChI is InChI=1S/C15H23NO2S/c1-3-6-14-9-11-16(12-10-14)19(17,18)15-8-5-4-7-13(15)2/h4-5,7-8,14H,3,6,9-12H2,1-2H3. The van der Waals surface area contributed by atoms with E-state index < -0.39 is 10.0 Å². The Bertz CT molecular complexity index is 517. The molecule has 0 aliphatic carbocycles. The van der Waals surface area contributed by atoms with Crippen LogP contribution in [0.1, 0.15) is 38.2 Å². The van der Waals surface area contributed by atoms with Crippen LogP contribution in [0.5, 0.6) is 0 Å². The summed E-state index contributed by atoms with van der Waals surface area (Å²) in [6.45, 7) is 5.38. The van der Waals surface area contributed by atoms with Crippen molar-refractivity contribution in [2.24, 2.45) is 5.92 Å². The van der Waals surface area contributed by atoms with Gasteiger partial charge in [0.25, 0.3) is 0 Å². The topological polar surface area (TPSA) is 37.4 Å². The molecule has 0 spiro atoms. The van der Waals surface area contributed by atoms with Gasteiger partial charge in [0.15, 0.2) is 0 Å². The summed E-state index contributed by atoms with van der Waals surface area (Å²) < 4.78 is 26.9. The summed E-state index contributed by atoms with van der Waals surface area (Å²) in [7, 11) is -3.30. The molecule has 0 unspecified atom stereocenters. The molecule has 1 aliphatic rings. The Morgan fingerprint density at radius 1 is 1.21 bits per heavy atom. The maximum absolute atomic E-state index is 12.6. The van der Waals surface area contributed by atoms with Crippen LogP contribution in [0, 0.1) is 12.8 Å². The molecule has 1 heterocycles. The van der Waals surface area contributed by atoms with Crippen LogP contribution in [0.15, 0.2) is 29.2 Å². The molecule has 0 aromatic heterocycles. The number of sulfonamides is 1. The van der Waals surface area contributed by atoms with Crippen molar-refractivity contribution < 1.29 is 8.42 Å². The Morgan fingerprint density at radius 2 is 1.84 bits per heavy atom. The first kappa shape index (κ1) is 14.5. The van der Waals surface area contributed by atoms with Gasteiger partial charge in [-0.25, -0.2) is 8.42 Å². The molecule has 1 aliphatic heterocycles. The van der Waals surface area contributed by atoms with Crippen molar-refractivity contribution in [2.45, 2.75) is 44.4 Å². The third-order valence-electron chi connectivity index (χ3n) is 3.98. The zero-order chi connectivity index (χ0) is 13.9. The predicted molar refractivity (Wildman–Crippen MR) is 77.6 cm³/mol. The van der Waals surface area contributed by atoms with E-state index in [4.69, 9.17) is 0 Å². The second kappa shape index (κ2) is 6.06. The Labute approximate surface area is 116 Å². The van der Waals surface area contributed by atoms with Crippen LogP contribution in [0.2, 0.25) is 0 Å². The van der Waals surface area contributed by atoms with E-state index in [0.717, 1.165) is 18.4 Å². The molecule has 19 heavy (non-hydrogen) atoms. The van der Waals surface area contributed by atoms with Crippen molar-refractivity contribution in [3.8, 4) is 0 Å². The van der Waals surface area contributed by atoms with Crippen LogP contribution >= 0.6 is 0 Å². The highest BCUT2D eigenvalue weighted by Gasteiger charge is 2.29. The molecule has 106 valence electrons. The normalized spacial score (nSPS) is 18.6.